The number of thiophene rings is 1. The molecular weight excluding hydrogens is 423 g/mol. The Morgan fingerprint density at radius 3 is 2.26 bits per heavy atom. The van der Waals surface area contributed by atoms with E-state index in [1.807, 2.05) is 47.4 Å². The number of rotatable bonds is 3. The number of halogens is 3. The molecule has 0 radical (unpaired) electrons. The van der Waals surface area contributed by atoms with Crippen molar-refractivity contribution in [2.75, 3.05) is 26.2 Å². The van der Waals surface area contributed by atoms with Crippen molar-refractivity contribution in [2.45, 2.75) is 6.54 Å². The third kappa shape index (κ3) is 3.82. The summed E-state index contributed by atoms with van der Waals surface area (Å²) in [5.74, 6) is 0.0108. The van der Waals surface area contributed by atoms with Crippen LogP contribution >= 0.6 is 46.1 Å². The molecule has 1 aliphatic heterocycles. The van der Waals surface area contributed by atoms with Crippen LogP contribution < -0.4 is 0 Å². The normalized spacial score (nSPS) is 15.4. The number of amides is 1. The van der Waals surface area contributed by atoms with Crippen LogP contribution in [0, 0.1) is 0 Å². The molecule has 0 saturated carbocycles. The third-order valence-corrected chi connectivity index (χ3v) is 7.20. The first-order chi connectivity index (χ1) is 13.0. The Morgan fingerprint density at radius 1 is 0.926 bits per heavy atom. The Bertz CT molecular complexity index is 976. The molecule has 0 atom stereocenters. The van der Waals surface area contributed by atoms with E-state index in [0.29, 0.717) is 39.6 Å². The fraction of sp³-hybridized carbons (Fsp3) is 0.250. The molecule has 0 aliphatic carbocycles. The van der Waals surface area contributed by atoms with Crippen molar-refractivity contribution >= 4 is 62.1 Å². The summed E-state index contributed by atoms with van der Waals surface area (Å²) in [6, 6.07) is 13.4. The van der Waals surface area contributed by atoms with Crippen LogP contribution in [0.15, 0.2) is 42.5 Å². The number of fused-ring (bicyclic) bond motifs is 1. The molecule has 2 heterocycles. The van der Waals surface area contributed by atoms with Crippen molar-refractivity contribution < 1.29 is 4.79 Å². The van der Waals surface area contributed by atoms with Crippen molar-refractivity contribution in [3.8, 4) is 0 Å². The summed E-state index contributed by atoms with van der Waals surface area (Å²) in [6.07, 6.45) is 0. The number of piperazine rings is 1. The average molecular weight is 440 g/mol. The molecule has 3 nitrogen and oxygen atoms in total. The SMILES string of the molecule is O=C(c1sc2ccccc2c1Cl)N1CCN(Cc2c(Cl)cccc2Cl)CC1. The molecule has 7 heteroatoms. The minimum absolute atomic E-state index is 0.0108. The van der Waals surface area contributed by atoms with Crippen LogP contribution in [0.5, 0.6) is 0 Å². The third-order valence-electron chi connectivity index (χ3n) is 4.83. The summed E-state index contributed by atoms with van der Waals surface area (Å²) >= 11 is 20.5. The van der Waals surface area contributed by atoms with Crippen molar-refractivity contribution in [2.24, 2.45) is 0 Å². The molecule has 27 heavy (non-hydrogen) atoms. The van der Waals surface area contributed by atoms with Gasteiger partial charge in [-0.1, -0.05) is 59.1 Å². The highest BCUT2D eigenvalue weighted by atomic mass is 35.5. The van der Waals surface area contributed by atoms with Crippen LogP contribution in [0.1, 0.15) is 15.2 Å². The summed E-state index contributed by atoms with van der Waals surface area (Å²) in [4.78, 5) is 17.7. The number of benzene rings is 2. The lowest BCUT2D eigenvalue weighted by Crippen LogP contribution is -2.48. The minimum Gasteiger partial charge on any atom is -0.335 e. The number of nitrogens with zero attached hydrogens (tertiary/aromatic N) is 2. The van der Waals surface area contributed by atoms with E-state index in [0.717, 1.165) is 28.7 Å². The number of carbonyl (C=O) groups excluding carboxylic acids is 1. The Labute approximate surface area is 177 Å². The Hall–Kier alpha value is -1.30. The lowest BCUT2D eigenvalue weighted by atomic mass is 10.2. The van der Waals surface area contributed by atoms with Gasteiger partial charge in [0.1, 0.15) is 4.88 Å². The van der Waals surface area contributed by atoms with Gasteiger partial charge in [0.05, 0.1) is 5.02 Å². The first-order valence-corrected chi connectivity index (χ1v) is 10.6. The summed E-state index contributed by atoms with van der Waals surface area (Å²) in [7, 11) is 0. The van der Waals surface area contributed by atoms with Gasteiger partial charge in [-0.05, 0) is 18.2 Å². The van der Waals surface area contributed by atoms with E-state index in [-0.39, 0.29) is 5.91 Å². The largest absolute Gasteiger partial charge is 0.335 e. The van der Waals surface area contributed by atoms with Crippen molar-refractivity contribution in [3.63, 3.8) is 0 Å². The van der Waals surface area contributed by atoms with E-state index in [4.69, 9.17) is 34.8 Å². The molecule has 0 unspecified atom stereocenters. The Morgan fingerprint density at radius 2 is 1.59 bits per heavy atom. The second-order valence-electron chi connectivity index (χ2n) is 6.51. The predicted octanol–water partition coefficient (Wildman–Crippen LogP) is 5.82. The van der Waals surface area contributed by atoms with Gasteiger partial charge in [-0.15, -0.1) is 11.3 Å². The van der Waals surface area contributed by atoms with Crippen LogP contribution in [-0.2, 0) is 6.54 Å². The van der Waals surface area contributed by atoms with Gasteiger partial charge >= 0.3 is 0 Å². The quantitative estimate of drug-likeness (QED) is 0.513. The molecule has 1 aromatic heterocycles. The lowest BCUT2D eigenvalue weighted by Gasteiger charge is -2.34. The van der Waals surface area contributed by atoms with E-state index >= 15 is 0 Å². The zero-order valence-corrected chi connectivity index (χ0v) is 17.5. The first kappa shape index (κ1) is 19.0. The maximum atomic E-state index is 13.0. The number of hydrogen-bond acceptors (Lipinski definition) is 3. The van der Waals surface area contributed by atoms with Gasteiger partial charge in [0.25, 0.3) is 5.91 Å². The summed E-state index contributed by atoms with van der Waals surface area (Å²) in [6.45, 7) is 3.55. The monoisotopic (exact) mass is 438 g/mol. The van der Waals surface area contributed by atoms with Crippen LogP contribution in [-0.4, -0.2) is 41.9 Å². The minimum atomic E-state index is 0.0108. The fourth-order valence-corrected chi connectivity index (χ4v) is 5.31. The van der Waals surface area contributed by atoms with E-state index in [1.54, 1.807) is 0 Å². The van der Waals surface area contributed by atoms with Crippen LogP contribution in [0.3, 0.4) is 0 Å². The maximum absolute atomic E-state index is 13.0. The Balaban J connectivity index is 1.44. The molecule has 2 aromatic carbocycles. The summed E-state index contributed by atoms with van der Waals surface area (Å²) in [5.41, 5.74) is 0.938. The molecule has 0 spiro atoms. The highest BCUT2D eigenvalue weighted by Gasteiger charge is 2.26. The second kappa shape index (κ2) is 7.98. The highest BCUT2D eigenvalue weighted by molar-refractivity contribution is 7.21. The zero-order valence-electron chi connectivity index (χ0n) is 14.4. The van der Waals surface area contributed by atoms with Crippen LogP contribution in [0.4, 0.5) is 0 Å². The van der Waals surface area contributed by atoms with Gasteiger partial charge in [0.15, 0.2) is 0 Å². The van der Waals surface area contributed by atoms with E-state index in [9.17, 15) is 4.79 Å². The van der Waals surface area contributed by atoms with Gasteiger partial charge in [-0.25, -0.2) is 0 Å². The van der Waals surface area contributed by atoms with Crippen LogP contribution in [0.2, 0.25) is 15.1 Å². The zero-order chi connectivity index (χ0) is 19.0. The highest BCUT2D eigenvalue weighted by Crippen LogP contribution is 2.36. The van der Waals surface area contributed by atoms with Gasteiger partial charge in [0.2, 0.25) is 0 Å². The Kier molecular flexibility index (Phi) is 5.62. The molecular formula is C20H17Cl3N2OS. The molecule has 3 aromatic rings. The van der Waals surface area contributed by atoms with Crippen LogP contribution in [0.25, 0.3) is 10.1 Å². The van der Waals surface area contributed by atoms with E-state index < -0.39 is 0 Å². The smallest absolute Gasteiger partial charge is 0.265 e. The molecule has 0 bridgehead atoms. The molecule has 140 valence electrons. The van der Waals surface area contributed by atoms with Gasteiger partial charge in [-0.2, -0.15) is 0 Å². The summed E-state index contributed by atoms with van der Waals surface area (Å²) < 4.78 is 1.04. The molecule has 0 N–H and O–H groups in total. The molecule has 1 amide bonds. The molecule has 1 fully saturated rings. The van der Waals surface area contributed by atoms with Crippen molar-refractivity contribution in [3.05, 3.63) is 68.0 Å². The lowest BCUT2D eigenvalue weighted by molar-refractivity contribution is 0.0633. The number of hydrogen-bond donors (Lipinski definition) is 0. The van der Waals surface area contributed by atoms with Crippen molar-refractivity contribution in [1.29, 1.82) is 0 Å². The van der Waals surface area contributed by atoms with Gasteiger partial charge in [-0.3, -0.25) is 9.69 Å². The fourth-order valence-electron chi connectivity index (χ4n) is 3.31. The second-order valence-corrected chi connectivity index (χ2v) is 8.75. The van der Waals surface area contributed by atoms with Gasteiger partial charge < -0.3 is 4.90 Å². The predicted molar refractivity (Wildman–Crippen MR) is 114 cm³/mol. The topological polar surface area (TPSA) is 23.6 Å². The first-order valence-electron chi connectivity index (χ1n) is 8.66. The average Bonchev–Trinajstić information content (AvgIpc) is 3.02. The standard InChI is InChI=1S/C20H17Cl3N2OS/c21-15-5-3-6-16(22)14(15)12-24-8-10-25(11-9-24)20(26)19-18(23)13-4-1-2-7-17(13)27-19/h1-7H,8-12H2. The van der Waals surface area contributed by atoms with Crippen molar-refractivity contribution in [1.82, 2.24) is 9.80 Å². The summed E-state index contributed by atoms with van der Waals surface area (Å²) in [5, 5.41) is 2.86. The van der Waals surface area contributed by atoms with E-state index in [2.05, 4.69) is 4.90 Å². The molecule has 1 saturated heterocycles. The maximum Gasteiger partial charge on any atom is 0.265 e. The van der Waals surface area contributed by atoms with Gasteiger partial charge in [0, 0.05) is 58.4 Å². The molecule has 1 aliphatic rings. The van der Waals surface area contributed by atoms with E-state index in [1.165, 1.54) is 11.3 Å². The number of carbonyl (C=O) groups is 1. The molecule has 4 rings (SSSR count).